The highest BCUT2D eigenvalue weighted by atomic mass is 16.5. The Morgan fingerprint density at radius 3 is 2.79 bits per heavy atom. The Labute approximate surface area is 86.4 Å². The third-order valence-electron chi connectivity index (χ3n) is 2.60. The van der Waals surface area contributed by atoms with Gasteiger partial charge < -0.3 is 4.74 Å². The van der Waals surface area contributed by atoms with E-state index in [1.807, 2.05) is 0 Å². The van der Waals surface area contributed by atoms with Gasteiger partial charge in [-0.1, -0.05) is 19.8 Å². The average molecular weight is 199 g/mol. The number of hydrogen-bond acceptors (Lipinski definition) is 3. The molecule has 0 aromatic heterocycles. The fraction of sp³-hybridized carbons (Fsp3) is 0.909. The van der Waals surface area contributed by atoms with E-state index in [1.54, 1.807) is 0 Å². The summed E-state index contributed by atoms with van der Waals surface area (Å²) in [6.07, 6.45) is 3.87. The van der Waals surface area contributed by atoms with Gasteiger partial charge in [0.15, 0.2) is 0 Å². The summed E-state index contributed by atoms with van der Waals surface area (Å²) in [6.45, 7) is 6.93. The molecule has 0 saturated carbocycles. The molecule has 0 spiro atoms. The van der Waals surface area contributed by atoms with Gasteiger partial charge in [0.25, 0.3) is 0 Å². The van der Waals surface area contributed by atoms with E-state index in [2.05, 4.69) is 18.7 Å². The molecule has 82 valence electrons. The molecule has 0 radical (unpaired) electrons. The number of carbonyl (C=O) groups is 1. The molecule has 2 unspecified atom stereocenters. The quantitative estimate of drug-likeness (QED) is 0.356. The Morgan fingerprint density at radius 2 is 2.21 bits per heavy atom. The van der Waals surface area contributed by atoms with Crippen LogP contribution in [0.2, 0.25) is 0 Å². The van der Waals surface area contributed by atoms with Crippen LogP contribution < -0.4 is 0 Å². The summed E-state index contributed by atoms with van der Waals surface area (Å²) in [4.78, 5) is 13.5. The molecule has 2 atom stereocenters. The van der Waals surface area contributed by atoms with Crippen LogP contribution in [-0.2, 0) is 9.53 Å². The van der Waals surface area contributed by atoms with Crippen LogP contribution in [0.5, 0.6) is 0 Å². The van der Waals surface area contributed by atoms with Crippen molar-refractivity contribution in [3.05, 3.63) is 0 Å². The fourth-order valence-electron chi connectivity index (χ4n) is 1.45. The second-order valence-corrected chi connectivity index (χ2v) is 4.02. The second kappa shape index (κ2) is 6.02. The van der Waals surface area contributed by atoms with Crippen molar-refractivity contribution in [2.24, 2.45) is 0 Å². The molecule has 1 rings (SSSR count). The maximum Gasteiger partial charge on any atom is 0.307 e. The molecule has 3 heteroatoms. The van der Waals surface area contributed by atoms with Gasteiger partial charge in [0, 0.05) is 19.1 Å². The first-order valence-corrected chi connectivity index (χ1v) is 5.63. The van der Waals surface area contributed by atoms with Gasteiger partial charge in [-0.05, 0) is 13.3 Å². The normalized spacial score (nSPS) is 24.7. The summed E-state index contributed by atoms with van der Waals surface area (Å²) in [5.41, 5.74) is 0. The molecule has 1 aliphatic heterocycles. The summed E-state index contributed by atoms with van der Waals surface area (Å²) in [6, 6.07) is 0.683. The van der Waals surface area contributed by atoms with Gasteiger partial charge in [0.2, 0.25) is 0 Å². The molecule has 1 saturated heterocycles. The first-order valence-electron chi connectivity index (χ1n) is 5.63. The smallest absolute Gasteiger partial charge is 0.307 e. The fourth-order valence-corrected chi connectivity index (χ4v) is 1.45. The van der Waals surface area contributed by atoms with Crippen molar-refractivity contribution >= 4 is 5.97 Å². The topological polar surface area (TPSA) is 29.3 Å². The van der Waals surface area contributed by atoms with Crippen LogP contribution >= 0.6 is 0 Å². The minimum absolute atomic E-state index is 0.0415. The van der Waals surface area contributed by atoms with E-state index in [-0.39, 0.29) is 5.97 Å². The summed E-state index contributed by atoms with van der Waals surface area (Å²) in [5.74, 6) is -0.0415. The predicted octanol–water partition coefficient (Wildman–Crippen LogP) is 1.81. The first kappa shape index (κ1) is 11.5. The zero-order valence-electron chi connectivity index (χ0n) is 9.29. The van der Waals surface area contributed by atoms with E-state index in [0.717, 1.165) is 25.9 Å². The van der Waals surface area contributed by atoms with Crippen LogP contribution in [0.4, 0.5) is 0 Å². The molecule has 1 fully saturated rings. The minimum atomic E-state index is -0.0415. The molecule has 0 amide bonds. The van der Waals surface area contributed by atoms with Gasteiger partial charge in [-0.25, -0.2) is 0 Å². The van der Waals surface area contributed by atoms with Gasteiger partial charge >= 0.3 is 5.97 Å². The maximum absolute atomic E-state index is 11.2. The van der Waals surface area contributed by atoms with Crippen molar-refractivity contribution in [3.63, 3.8) is 0 Å². The van der Waals surface area contributed by atoms with Gasteiger partial charge in [0.1, 0.15) is 0 Å². The van der Waals surface area contributed by atoms with E-state index in [4.69, 9.17) is 4.74 Å². The van der Waals surface area contributed by atoms with E-state index < -0.39 is 0 Å². The summed E-state index contributed by atoms with van der Waals surface area (Å²) >= 11 is 0. The molecular formula is C11H21NO2. The van der Waals surface area contributed by atoms with Gasteiger partial charge in [-0.2, -0.15) is 0 Å². The summed E-state index contributed by atoms with van der Waals surface area (Å²) in [5, 5.41) is 0. The summed E-state index contributed by atoms with van der Waals surface area (Å²) < 4.78 is 5.09. The van der Waals surface area contributed by atoms with Gasteiger partial charge in [-0.15, -0.1) is 0 Å². The Hall–Kier alpha value is -0.570. The van der Waals surface area contributed by atoms with Gasteiger partial charge in [-0.3, -0.25) is 9.69 Å². The van der Waals surface area contributed by atoms with E-state index >= 15 is 0 Å². The maximum atomic E-state index is 11.2. The third-order valence-corrected chi connectivity index (χ3v) is 2.60. The molecule has 0 aliphatic carbocycles. The van der Waals surface area contributed by atoms with Crippen molar-refractivity contribution in [3.8, 4) is 0 Å². The van der Waals surface area contributed by atoms with Crippen molar-refractivity contribution in [2.75, 3.05) is 19.7 Å². The molecule has 1 heterocycles. The molecule has 0 bridgehead atoms. The van der Waals surface area contributed by atoms with Crippen LogP contribution in [0.15, 0.2) is 0 Å². The molecular weight excluding hydrogens is 178 g/mol. The number of rotatable bonds is 7. The zero-order chi connectivity index (χ0) is 10.4. The highest BCUT2D eigenvalue weighted by Crippen LogP contribution is 2.15. The lowest BCUT2D eigenvalue weighted by Gasteiger charge is -2.04. The molecule has 0 N–H and O–H groups in total. The lowest BCUT2D eigenvalue weighted by molar-refractivity contribution is -0.143. The lowest BCUT2D eigenvalue weighted by Crippen LogP contribution is -2.12. The Morgan fingerprint density at radius 1 is 1.50 bits per heavy atom. The van der Waals surface area contributed by atoms with Crippen LogP contribution in [0.1, 0.15) is 39.5 Å². The highest BCUT2D eigenvalue weighted by molar-refractivity contribution is 5.69. The second-order valence-electron chi connectivity index (χ2n) is 4.02. The van der Waals surface area contributed by atoms with Crippen molar-refractivity contribution in [2.45, 2.75) is 45.6 Å². The number of nitrogens with zero attached hydrogens (tertiary/aromatic N) is 1. The summed E-state index contributed by atoms with van der Waals surface area (Å²) in [7, 11) is 0. The third kappa shape index (κ3) is 4.61. The zero-order valence-corrected chi connectivity index (χ0v) is 9.29. The molecule has 3 nitrogen and oxygen atoms in total. The highest BCUT2D eigenvalue weighted by Gasteiger charge is 2.28. The van der Waals surface area contributed by atoms with Crippen molar-refractivity contribution in [1.29, 1.82) is 0 Å². The lowest BCUT2D eigenvalue weighted by atomic mass is 10.3. The van der Waals surface area contributed by atoms with E-state index in [0.29, 0.717) is 19.1 Å². The Balaban J connectivity index is 1.88. The predicted molar refractivity (Wildman–Crippen MR) is 56.1 cm³/mol. The van der Waals surface area contributed by atoms with E-state index in [9.17, 15) is 4.79 Å². The van der Waals surface area contributed by atoms with Crippen molar-refractivity contribution < 1.29 is 9.53 Å². The Bertz CT molecular complexity index is 182. The molecule has 0 aromatic carbocycles. The average Bonchev–Trinajstić information content (AvgIpc) is 2.86. The molecule has 14 heavy (non-hydrogen) atoms. The van der Waals surface area contributed by atoms with Crippen LogP contribution in [-0.4, -0.2) is 36.6 Å². The molecule has 0 aromatic rings. The number of hydrogen-bond donors (Lipinski definition) is 0. The SMILES string of the molecule is CCCCCOC(=O)CCN1CC1C. The molecule has 1 aliphatic rings. The van der Waals surface area contributed by atoms with Crippen LogP contribution in [0.3, 0.4) is 0 Å². The minimum Gasteiger partial charge on any atom is -0.466 e. The number of carbonyl (C=O) groups excluding carboxylic acids is 1. The Kier molecular flexibility index (Phi) is 4.94. The van der Waals surface area contributed by atoms with Gasteiger partial charge in [0.05, 0.1) is 13.0 Å². The first-order chi connectivity index (χ1) is 6.74. The van der Waals surface area contributed by atoms with Crippen molar-refractivity contribution in [1.82, 2.24) is 4.90 Å². The monoisotopic (exact) mass is 199 g/mol. The van der Waals surface area contributed by atoms with E-state index in [1.165, 1.54) is 6.42 Å². The largest absolute Gasteiger partial charge is 0.466 e. The van der Waals surface area contributed by atoms with Crippen LogP contribution in [0, 0.1) is 0 Å². The number of unbranched alkanes of at least 4 members (excludes halogenated alkanes) is 2. The number of ether oxygens (including phenoxy) is 1. The standard InChI is InChI=1S/C11H21NO2/c1-3-4-5-8-14-11(13)6-7-12-9-10(12)2/h10H,3-9H2,1-2H3. The number of esters is 1. The van der Waals surface area contributed by atoms with Crippen LogP contribution in [0.25, 0.3) is 0 Å².